The number of nitrogens with one attached hydrogen (secondary N) is 2. The molecular formula is C9H14N4O. The Kier molecular flexibility index (Phi) is 2.78. The normalized spacial score (nSPS) is 18.0. The van der Waals surface area contributed by atoms with Gasteiger partial charge in [0.1, 0.15) is 0 Å². The van der Waals surface area contributed by atoms with Crippen molar-refractivity contribution in [1.29, 1.82) is 0 Å². The van der Waals surface area contributed by atoms with Gasteiger partial charge in [-0.3, -0.25) is 10.2 Å². The Balaban J connectivity index is 2.03. The molecule has 76 valence electrons. The molecule has 0 spiro atoms. The molecule has 2 N–H and O–H groups in total. The molecule has 0 atom stereocenters. The number of H-pyrrole nitrogens is 1. The van der Waals surface area contributed by atoms with Crippen LogP contribution in [0.4, 0.5) is 5.82 Å². The van der Waals surface area contributed by atoms with E-state index in [0.29, 0.717) is 5.82 Å². The first-order chi connectivity index (χ1) is 6.86. The summed E-state index contributed by atoms with van der Waals surface area (Å²) in [6.07, 6.45) is 6.74. The lowest BCUT2D eigenvalue weighted by Crippen LogP contribution is -2.37. The molecule has 1 aromatic rings. The van der Waals surface area contributed by atoms with E-state index in [1.54, 1.807) is 6.20 Å². The number of anilines is 1. The second-order valence-electron chi connectivity index (χ2n) is 3.43. The van der Waals surface area contributed by atoms with Gasteiger partial charge in [0, 0.05) is 25.5 Å². The fraction of sp³-hybridized carbons (Fsp3) is 0.556. The Morgan fingerprint density at radius 3 is 2.86 bits per heavy atom. The molecule has 1 aliphatic rings. The lowest BCUT2D eigenvalue weighted by Gasteiger charge is -2.26. The summed E-state index contributed by atoms with van der Waals surface area (Å²) < 4.78 is 0. The van der Waals surface area contributed by atoms with Crippen LogP contribution in [0, 0.1) is 0 Å². The fourth-order valence-corrected chi connectivity index (χ4v) is 1.59. The third-order valence-electron chi connectivity index (χ3n) is 2.33. The van der Waals surface area contributed by atoms with Crippen molar-refractivity contribution >= 4 is 5.82 Å². The van der Waals surface area contributed by atoms with Gasteiger partial charge in [0.15, 0.2) is 0 Å². The second kappa shape index (κ2) is 4.23. The molecule has 0 aliphatic carbocycles. The van der Waals surface area contributed by atoms with Gasteiger partial charge in [0.2, 0.25) is 5.82 Å². The maximum atomic E-state index is 11.3. The molecule has 5 nitrogen and oxygen atoms in total. The number of hydrazine groups is 1. The van der Waals surface area contributed by atoms with Crippen LogP contribution in [0.2, 0.25) is 0 Å². The first-order valence-corrected chi connectivity index (χ1v) is 4.91. The Labute approximate surface area is 82.1 Å². The van der Waals surface area contributed by atoms with E-state index >= 15 is 0 Å². The molecule has 0 amide bonds. The van der Waals surface area contributed by atoms with Crippen molar-refractivity contribution in [3.05, 3.63) is 22.7 Å². The molecule has 1 aromatic heterocycles. The maximum Gasteiger partial charge on any atom is 0.292 e. The minimum atomic E-state index is -0.168. The van der Waals surface area contributed by atoms with Gasteiger partial charge in [-0.05, 0) is 12.8 Å². The molecule has 0 unspecified atom stereocenters. The van der Waals surface area contributed by atoms with Gasteiger partial charge < -0.3 is 4.98 Å². The van der Waals surface area contributed by atoms with Gasteiger partial charge in [-0.25, -0.2) is 9.99 Å². The van der Waals surface area contributed by atoms with E-state index in [2.05, 4.69) is 15.4 Å². The van der Waals surface area contributed by atoms with Gasteiger partial charge in [-0.1, -0.05) is 6.42 Å². The fourth-order valence-electron chi connectivity index (χ4n) is 1.59. The molecule has 0 radical (unpaired) electrons. The summed E-state index contributed by atoms with van der Waals surface area (Å²) in [4.78, 5) is 17.8. The third kappa shape index (κ3) is 2.11. The van der Waals surface area contributed by atoms with Crippen LogP contribution in [0.15, 0.2) is 17.2 Å². The zero-order valence-corrected chi connectivity index (χ0v) is 7.99. The molecule has 2 rings (SSSR count). The number of hydrogen-bond acceptors (Lipinski definition) is 4. The van der Waals surface area contributed by atoms with E-state index in [0.717, 1.165) is 13.1 Å². The highest BCUT2D eigenvalue weighted by Gasteiger charge is 2.11. The van der Waals surface area contributed by atoms with Gasteiger partial charge in [0.25, 0.3) is 5.56 Å². The molecule has 0 saturated carbocycles. The quantitative estimate of drug-likeness (QED) is 0.723. The van der Waals surface area contributed by atoms with Crippen LogP contribution in [-0.4, -0.2) is 28.1 Å². The van der Waals surface area contributed by atoms with Gasteiger partial charge in [0.05, 0.1) is 0 Å². The zero-order valence-electron chi connectivity index (χ0n) is 7.99. The lowest BCUT2D eigenvalue weighted by molar-refractivity contribution is 0.272. The van der Waals surface area contributed by atoms with E-state index in [-0.39, 0.29) is 5.56 Å². The van der Waals surface area contributed by atoms with E-state index < -0.39 is 0 Å². The predicted molar refractivity (Wildman–Crippen MR) is 53.9 cm³/mol. The maximum absolute atomic E-state index is 11.3. The van der Waals surface area contributed by atoms with E-state index in [4.69, 9.17) is 0 Å². The Hall–Kier alpha value is -1.36. The molecule has 2 heterocycles. The van der Waals surface area contributed by atoms with Crippen molar-refractivity contribution < 1.29 is 0 Å². The number of aromatic amines is 1. The second-order valence-corrected chi connectivity index (χ2v) is 3.43. The van der Waals surface area contributed by atoms with E-state index in [9.17, 15) is 4.79 Å². The summed E-state index contributed by atoms with van der Waals surface area (Å²) in [5, 5.41) is 2.04. The number of piperidine rings is 1. The molecule has 1 aliphatic heterocycles. The van der Waals surface area contributed by atoms with Crippen molar-refractivity contribution in [3.63, 3.8) is 0 Å². The molecule has 0 bridgehead atoms. The summed E-state index contributed by atoms with van der Waals surface area (Å²) in [7, 11) is 0. The summed E-state index contributed by atoms with van der Waals surface area (Å²) >= 11 is 0. The lowest BCUT2D eigenvalue weighted by atomic mass is 10.2. The first-order valence-electron chi connectivity index (χ1n) is 4.91. The third-order valence-corrected chi connectivity index (χ3v) is 2.33. The van der Waals surface area contributed by atoms with Crippen molar-refractivity contribution in [3.8, 4) is 0 Å². The molecule has 0 aromatic carbocycles. The van der Waals surface area contributed by atoms with Gasteiger partial charge >= 0.3 is 0 Å². The molecule has 1 fully saturated rings. The highest BCUT2D eigenvalue weighted by Crippen LogP contribution is 2.08. The Morgan fingerprint density at radius 1 is 1.36 bits per heavy atom. The average molecular weight is 194 g/mol. The highest BCUT2D eigenvalue weighted by molar-refractivity contribution is 5.28. The van der Waals surface area contributed by atoms with Crippen LogP contribution < -0.4 is 11.0 Å². The predicted octanol–water partition coefficient (Wildman–Crippen LogP) is 0.583. The van der Waals surface area contributed by atoms with Crippen molar-refractivity contribution in [2.24, 2.45) is 0 Å². The molecule has 1 saturated heterocycles. The minimum Gasteiger partial charge on any atom is -0.324 e. The summed E-state index contributed by atoms with van der Waals surface area (Å²) in [6.45, 7) is 1.96. The Bertz CT molecular complexity index is 343. The van der Waals surface area contributed by atoms with Gasteiger partial charge in [-0.2, -0.15) is 0 Å². The van der Waals surface area contributed by atoms with Crippen LogP contribution in [0.5, 0.6) is 0 Å². The summed E-state index contributed by atoms with van der Waals surface area (Å²) in [5.74, 6) is 0.384. The smallest absolute Gasteiger partial charge is 0.292 e. The standard InChI is InChI=1S/C9H14N4O/c14-9-8(10-4-5-11-9)12-13-6-2-1-3-7-13/h4-5H,1-3,6-7H2,(H,10,12)(H,11,14). The van der Waals surface area contributed by atoms with Crippen LogP contribution in [0.1, 0.15) is 19.3 Å². The van der Waals surface area contributed by atoms with Crippen molar-refractivity contribution in [2.45, 2.75) is 19.3 Å². The van der Waals surface area contributed by atoms with E-state index in [1.807, 2.05) is 5.01 Å². The van der Waals surface area contributed by atoms with Crippen LogP contribution in [-0.2, 0) is 0 Å². The number of hydrogen-bond donors (Lipinski definition) is 2. The van der Waals surface area contributed by atoms with Crippen LogP contribution in [0.3, 0.4) is 0 Å². The van der Waals surface area contributed by atoms with Crippen molar-refractivity contribution in [2.75, 3.05) is 18.5 Å². The molecular weight excluding hydrogens is 180 g/mol. The van der Waals surface area contributed by atoms with E-state index in [1.165, 1.54) is 25.5 Å². The number of rotatable bonds is 2. The van der Waals surface area contributed by atoms with Crippen LogP contribution >= 0.6 is 0 Å². The Morgan fingerprint density at radius 2 is 2.14 bits per heavy atom. The summed E-state index contributed by atoms with van der Waals surface area (Å²) in [6, 6.07) is 0. The van der Waals surface area contributed by atoms with Gasteiger partial charge in [-0.15, -0.1) is 0 Å². The molecule has 14 heavy (non-hydrogen) atoms. The van der Waals surface area contributed by atoms with Crippen molar-refractivity contribution in [1.82, 2.24) is 15.0 Å². The monoisotopic (exact) mass is 194 g/mol. The van der Waals surface area contributed by atoms with Crippen LogP contribution in [0.25, 0.3) is 0 Å². The highest BCUT2D eigenvalue weighted by atomic mass is 16.1. The largest absolute Gasteiger partial charge is 0.324 e. The topological polar surface area (TPSA) is 61.0 Å². The molecule has 5 heteroatoms. The first kappa shape index (κ1) is 9.21. The average Bonchev–Trinajstić information content (AvgIpc) is 2.23. The number of nitrogens with zero attached hydrogens (tertiary/aromatic N) is 2. The minimum absolute atomic E-state index is 0.168. The SMILES string of the molecule is O=c1[nH]ccnc1NN1CCCCC1. The summed E-state index contributed by atoms with van der Waals surface area (Å²) in [5.41, 5.74) is 2.86. The number of aromatic nitrogens is 2. The zero-order chi connectivity index (χ0) is 9.80.